The Morgan fingerprint density at radius 1 is 1.31 bits per heavy atom. The highest BCUT2D eigenvalue weighted by Gasteiger charge is 2.32. The van der Waals surface area contributed by atoms with E-state index in [1.165, 1.54) is 0 Å². The van der Waals surface area contributed by atoms with E-state index in [0.29, 0.717) is 0 Å². The molecule has 0 spiro atoms. The van der Waals surface area contributed by atoms with Crippen molar-refractivity contribution < 1.29 is 0 Å². The Bertz CT molecular complexity index is 308. The maximum absolute atomic E-state index is 4.09. The van der Waals surface area contributed by atoms with Gasteiger partial charge in [-0.05, 0) is 34.5 Å². The van der Waals surface area contributed by atoms with Gasteiger partial charge >= 0.3 is 0 Å². The van der Waals surface area contributed by atoms with E-state index in [1.54, 1.807) is 6.33 Å². The second kappa shape index (κ2) is 5.37. The van der Waals surface area contributed by atoms with Gasteiger partial charge in [-0.1, -0.05) is 6.92 Å². The van der Waals surface area contributed by atoms with Crippen LogP contribution in [0.25, 0.3) is 0 Å². The lowest BCUT2D eigenvalue weighted by Gasteiger charge is -2.40. The van der Waals surface area contributed by atoms with E-state index < -0.39 is 0 Å². The molecule has 4 heteroatoms. The smallest absolute Gasteiger partial charge is 0.115 e. The van der Waals surface area contributed by atoms with Gasteiger partial charge in [0, 0.05) is 23.5 Å². The van der Waals surface area contributed by atoms with Crippen molar-refractivity contribution in [3.63, 3.8) is 0 Å². The van der Waals surface area contributed by atoms with Gasteiger partial charge in [0.1, 0.15) is 6.33 Å². The quantitative estimate of drug-likeness (QED) is 0.819. The maximum atomic E-state index is 4.09. The fraction of sp³-hybridized carbons (Fsp3) is 0.667. The SMILES string of the molecule is CCNC(c1cncnc1)C(C)(C)N(C)C. The zero-order valence-corrected chi connectivity index (χ0v) is 10.9. The average Bonchev–Trinajstić information content (AvgIpc) is 2.26. The highest BCUT2D eigenvalue weighted by molar-refractivity contribution is 5.15. The van der Waals surface area contributed by atoms with Crippen LogP contribution in [0.1, 0.15) is 32.4 Å². The minimum atomic E-state index is 0.0146. The number of nitrogens with zero attached hydrogens (tertiary/aromatic N) is 3. The number of hydrogen-bond acceptors (Lipinski definition) is 4. The van der Waals surface area contributed by atoms with Crippen molar-refractivity contribution in [2.45, 2.75) is 32.4 Å². The molecule has 0 aliphatic carbocycles. The zero-order valence-electron chi connectivity index (χ0n) is 10.9. The molecule has 0 aliphatic rings. The third-order valence-corrected chi connectivity index (χ3v) is 3.18. The third kappa shape index (κ3) is 2.77. The van der Waals surface area contributed by atoms with Crippen molar-refractivity contribution in [1.29, 1.82) is 0 Å². The van der Waals surface area contributed by atoms with E-state index >= 15 is 0 Å². The summed E-state index contributed by atoms with van der Waals surface area (Å²) in [5.41, 5.74) is 1.14. The normalized spacial score (nSPS) is 14.1. The molecule has 1 N–H and O–H groups in total. The molecule has 0 amide bonds. The molecule has 16 heavy (non-hydrogen) atoms. The minimum absolute atomic E-state index is 0.0146. The van der Waals surface area contributed by atoms with Gasteiger partial charge in [0.2, 0.25) is 0 Å². The Labute approximate surface area is 98.1 Å². The van der Waals surface area contributed by atoms with Gasteiger partial charge in [-0.3, -0.25) is 0 Å². The first-order chi connectivity index (χ1) is 7.50. The summed E-state index contributed by atoms with van der Waals surface area (Å²) >= 11 is 0. The van der Waals surface area contributed by atoms with Crippen LogP contribution in [0.4, 0.5) is 0 Å². The van der Waals surface area contributed by atoms with Crippen LogP contribution >= 0.6 is 0 Å². The van der Waals surface area contributed by atoms with Crippen LogP contribution in [0.2, 0.25) is 0 Å². The van der Waals surface area contributed by atoms with Crippen molar-refractivity contribution in [2.75, 3.05) is 20.6 Å². The molecule has 0 bridgehead atoms. The van der Waals surface area contributed by atoms with E-state index in [0.717, 1.165) is 12.1 Å². The van der Waals surface area contributed by atoms with Crippen molar-refractivity contribution in [2.24, 2.45) is 0 Å². The summed E-state index contributed by atoms with van der Waals surface area (Å²) in [5, 5.41) is 3.50. The predicted molar refractivity (Wildman–Crippen MR) is 66.2 cm³/mol. The van der Waals surface area contributed by atoms with Gasteiger partial charge in [0.15, 0.2) is 0 Å². The van der Waals surface area contributed by atoms with Gasteiger partial charge in [-0.25, -0.2) is 9.97 Å². The second-order valence-electron chi connectivity index (χ2n) is 4.71. The molecule has 1 rings (SSSR count). The van der Waals surface area contributed by atoms with Gasteiger partial charge < -0.3 is 10.2 Å². The molecule has 1 aromatic rings. The molecule has 1 atom stereocenters. The summed E-state index contributed by atoms with van der Waals surface area (Å²) in [6.45, 7) is 7.47. The number of aromatic nitrogens is 2. The summed E-state index contributed by atoms with van der Waals surface area (Å²) in [6, 6.07) is 0.230. The monoisotopic (exact) mass is 222 g/mol. The van der Waals surface area contributed by atoms with Crippen molar-refractivity contribution in [1.82, 2.24) is 20.2 Å². The molecule has 0 aliphatic heterocycles. The Balaban J connectivity index is 3.00. The third-order valence-electron chi connectivity index (χ3n) is 3.18. The van der Waals surface area contributed by atoms with Crippen molar-refractivity contribution in [3.8, 4) is 0 Å². The topological polar surface area (TPSA) is 41.1 Å². The first kappa shape index (κ1) is 13.1. The number of rotatable bonds is 5. The Hall–Kier alpha value is -1.00. The van der Waals surface area contributed by atoms with E-state index in [1.807, 2.05) is 12.4 Å². The van der Waals surface area contributed by atoms with E-state index in [4.69, 9.17) is 0 Å². The van der Waals surface area contributed by atoms with Crippen molar-refractivity contribution in [3.05, 3.63) is 24.3 Å². The molecular weight excluding hydrogens is 200 g/mol. The summed E-state index contributed by atoms with van der Waals surface area (Å²) in [7, 11) is 4.18. The Kier molecular flexibility index (Phi) is 4.38. The van der Waals surface area contributed by atoms with Crippen molar-refractivity contribution >= 4 is 0 Å². The maximum Gasteiger partial charge on any atom is 0.115 e. The molecule has 0 fully saturated rings. The number of hydrogen-bond donors (Lipinski definition) is 1. The van der Waals surface area contributed by atoms with Crippen LogP contribution in [-0.2, 0) is 0 Å². The first-order valence-corrected chi connectivity index (χ1v) is 5.65. The lowest BCUT2D eigenvalue weighted by atomic mass is 9.89. The molecule has 1 heterocycles. The Morgan fingerprint density at radius 2 is 1.88 bits per heavy atom. The van der Waals surface area contributed by atoms with Gasteiger partial charge in [0.25, 0.3) is 0 Å². The van der Waals surface area contributed by atoms with Crippen LogP contribution in [-0.4, -0.2) is 41.0 Å². The van der Waals surface area contributed by atoms with E-state index in [2.05, 4.69) is 55.1 Å². The van der Waals surface area contributed by atoms with Crippen LogP contribution < -0.4 is 5.32 Å². The Morgan fingerprint density at radius 3 is 2.31 bits per heavy atom. The minimum Gasteiger partial charge on any atom is -0.309 e. The van der Waals surface area contributed by atoms with Gasteiger partial charge in [-0.2, -0.15) is 0 Å². The van der Waals surface area contributed by atoms with Gasteiger partial charge in [0.05, 0.1) is 6.04 Å². The largest absolute Gasteiger partial charge is 0.309 e. The molecule has 0 saturated heterocycles. The van der Waals surface area contributed by atoms with Gasteiger partial charge in [-0.15, -0.1) is 0 Å². The van der Waals surface area contributed by atoms with Crippen LogP contribution in [0.3, 0.4) is 0 Å². The zero-order chi connectivity index (χ0) is 12.2. The van der Waals surface area contributed by atoms with E-state index in [9.17, 15) is 0 Å². The standard InChI is InChI=1S/C12H22N4/c1-6-15-11(12(2,3)16(4)5)10-7-13-9-14-8-10/h7-9,11,15H,6H2,1-5H3. The fourth-order valence-corrected chi connectivity index (χ4v) is 1.70. The first-order valence-electron chi connectivity index (χ1n) is 5.65. The fourth-order valence-electron chi connectivity index (χ4n) is 1.70. The highest BCUT2D eigenvalue weighted by Crippen LogP contribution is 2.28. The molecule has 0 saturated carbocycles. The molecule has 1 unspecified atom stereocenters. The van der Waals surface area contributed by atoms with E-state index in [-0.39, 0.29) is 11.6 Å². The molecule has 1 aromatic heterocycles. The summed E-state index contributed by atoms with van der Waals surface area (Å²) in [5.74, 6) is 0. The summed E-state index contributed by atoms with van der Waals surface area (Å²) in [6.07, 6.45) is 5.33. The van der Waals surface area contributed by atoms with Crippen LogP contribution in [0, 0.1) is 0 Å². The molecule has 0 aromatic carbocycles. The summed E-state index contributed by atoms with van der Waals surface area (Å²) < 4.78 is 0. The number of likely N-dealkylation sites (N-methyl/N-ethyl adjacent to an activating group) is 2. The molecule has 0 radical (unpaired) electrons. The average molecular weight is 222 g/mol. The second-order valence-corrected chi connectivity index (χ2v) is 4.71. The molecule has 90 valence electrons. The molecule has 4 nitrogen and oxygen atoms in total. The lowest BCUT2D eigenvalue weighted by molar-refractivity contribution is 0.138. The number of nitrogens with one attached hydrogen (secondary N) is 1. The lowest BCUT2D eigenvalue weighted by Crippen LogP contribution is -2.49. The highest BCUT2D eigenvalue weighted by atomic mass is 15.2. The molecular formula is C12H22N4. The van der Waals surface area contributed by atoms with Crippen LogP contribution in [0.5, 0.6) is 0 Å². The predicted octanol–water partition coefficient (Wildman–Crippen LogP) is 1.47. The summed E-state index contributed by atoms with van der Waals surface area (Å²) in [4.78, 5) is 10.4. The van der Waals surface area contributed by atoms with Crippen LogP contribution in [0.15, 0.2) is 18.7 Å².